The third-order valence-corrected chi connectivity index (χ3v) is 8.32. The summed E-state index contributed by atoms with van der Waals surface area (Å²) in [5, 5.41) is 50.0. The number of aromatic nitrogens is 4. The molecule has 2 fully saturated rings. The summed E-state index contributed by atoms with van der Waals surface area (Å²) in [6.07, 6.45) is -13.8. The molecule has 0 aliphatic carbocycles. The second-order valence-corrected chi connectivity index (χ2v) is 11.4. The average molecular weight is 589 g/mol. The Morgan fingerprint density at radius 3 is 2.42 bits per heavy atom. The third kappa shape index (κ3) is 5.83. The van der Waals surface area contributed by atoms with Gasteiger partial charge in [-0.05, 0) is 6.92 Å². The van der Waals surface area contributed by atoms with E-state index >= 15 is 0 Å². The van der Waals surface area contributed by atoms with Crippen molar-refractivity contribution in [3.8, 4) is 0 Å². The van der Waals surface area contributed by atoms with Crippen LogP contribution in [-0.2, 0) is 32.0 Å². The van der Waals surface area contributed by atoms with Crippen molar-refractivity contribution in [3.63, 3.8) is 0 Å². The molecule has 2 aliphatic rings. The monoisotopic (exact) mass is 589 g/mol. The van der Waals surface area contributed by atoms with Gasteiger partial charge in [-0.25, -0.2) is 14.1 Å². The van der Waals surface area contributed by atoms with Gasteiger partial charge in [0.2, 0.25) is 5.95 Å². The number of fused-ring (bicyclic) bond motifs is 1. The van der Waals surface area contributed by atoms with Gasteiger partial charge < -0.3 is 50.5 Å². The van der Waals surface area contributed by atoms with E-state index in [9.17, 15) is 49.2 Å². The standard InChI is InChI=1S/C16H25N5O15P2/c1-4-7(22)9(24)11(26)15(33-4)35-38(30,31)36-37(28,29)32-2-5-8(23)10(25)14(34-5)21-3-18-6-12(21)19-16(17)20-13(6)27/h3-5,7-11,14-15,22-26H,2H2,1H3,(H,28,29)(H,30,31)(H3,17,19,20,27)/t4-,5-,7+,8-,9+,10-,11+,14-,15-/m1/s1. The maximum Gasteiger partial charge on any atom is 0.483 e. The molecule has 0 bridgehead atoms. The maximum absolute atomic E-state index is 12.3. The van der Waals surface area contributed by atoms with E-state index in [1.807, 2.05) is 0 Å². The van der Waals surface area contributed by atoms with Gasteiger partial charge in [-0.1, -0.05) is 0 Å². The molecular formula is C16H25N5O15P2. The Morgan fingerprint density at radius 2 is 1.74 bits per heavy atom. The molecule has 2 saturated heterocycles. The molecule has 0 amide bonds. The van der Waals surface area contributed by atoms with Crippen LogP contribution >= 0.6 is 15.6 Å². The second kappa shape index (κ2) is 10.6. The van der Waals surface area contributed by atoms with Gasteiger partial charge in [0.15, 0.2) is 23.7 Å². The fourth-order valence-electron chi connectivity index (χ4n) is 3.80. The van der Waals surface area contributed by atoms with E-state index in [1.165, 1.54) is 6.92 Å². The normalized spacial score (nSPS) is 37.2. The number of aliphatic hydroxyl groups excluding tert-OH is 5. The Labute approximate surface area is 211 Å². The largest absolute Gasteiger partial charge is 0.483 e. The molecule has 0 radical (unpaired) electrons. The first-order valence-corrected chi connectivity index (χ1v) is 13.7. The highest BCUT2D eigenvalue weighted by Gasteiger charge is 2.49. The highest BCUT2D eigenvalue weighted by Crippen LogP contribution is 2.61. The lowest BCUT2D eigenvalue weighted by molar-refractivity contribution is -0.271. The summed E-state index contributed by atoms with van der Waals surface area (Å²) < 4.78 is 49.3. The maximum atomic E-state index is 12.3. The van der Waals surface area contributed by atoms with E-state index in [1.54, 1.807) is 0 Å². The molecule has 2 aromatic rings. The number of nitrogens with one attached hydrogen (secondary N) is 1. The Bertz CT molecular complexity index is 1320. The van der Waals surface area contributed by atoms with E-state index in [-0.39, 0.29) is 17.1 Å². The molecule has 4 heterocycles. The predicted molar refractivity (Wildman–Crippen MR) is 119 cm³/mol. The number of rotatable bonds is 8. The number of hydrogen-bond acceptors (Lipinski definition) is 16. The van der Waals surface area contributed by atoms with Crippen molar-refractivity contribution in [2.75, 3.05) is 12.3 Å². The number of imidazole rings is 1. The number of aromatic amines is 1. The molecule has 2 aliphatic heterocycles. The summed E-state index contributed by atoms with van der Waals surface area (Å²) >= 11 is 0. The minimum absolute atomic E-state index is 0.0994. The van der Waals surface area contributed by atoms with Gasteiger partial charge in [-0.15, -0.1) is 0 Å². The summed E-state index contributed by atoms with van der Waals surface area (Å²) in [6.45, 7) is 0.291. The average Bonchev–Trinajstić information content (AvgIpc) is 3.35. The number of H-pyrrole nitrogens is 1. The summed E-state index contributed by atoms with van der Waals surface area (Å²) in [7, 11) is -10.9. The van der Waals surface area contributed by atoms with Crippen LogP contribution in [0.4, 0.5) is 5.95 Å². The number of aliphatic hydroxyl groups is 5. The van der Waals surface area contributed by atoms with Gasteiger partial charge in [0, 0.05) is 0 Å². The van der Waals surface area contributed by atoms with Crippen LogP contribution in [0.3, 0.4) is 0 Å². The number of hydrogen-bond donors (Lipinski definition) is 9. The number of anilines is 1. The highest BCUT2D eigenvalue weighted by atomic mass is 31.3. The Hall–Kier alpha value is -1.87. The van der Waals surface area contributed by atoms with Gasteiger partial charge in [0.1, 0.15) is 36.6 Å². The number of nitrogens with zero attached hydrogens (tertiary/aromatic N) is 3. The molecule has 11 atom stereocenters. The fourth-order valence-corrected chi connectivity index (χ4v) is 5.96. The molecule has 2 unspecified atom stereocenters. The van der Waals surface area contributed by atoms with E-state index in [4.69, 9.17) is 15.2 Å². The minimum Gasteiger partial charge on any atom is -0.388 e. The van der Waals surface area contributed by atoms with Crippen LogP contribution in [0, 0.1) is 0 Å². The number of nitrogen functional groups attached to an aromatic ring is 1. The molecule has 0 saturated carbocycles. The van der Waals surface area contributed by atoms with Crippen molar-refractivity contribution >= 4 is 32.8 Å². The second-order valence-electron chi connectivity index (χ2n) is 8.42. The van der Waals surface area contributed by atoms with Gasteiger partial charge in [0.05, 0.1) is 19.0 Å². The van der Waals surface area contributed by atoms with E-state index in [0.717, 1.165) is 10.9 Å². The third-order valence-electron chi connectivity index (χ3n) is 5.72. The van der Waals surface area contributed by atoms with Crippen LogP contribution < -0.4 is 11.3 Å². The first-order valence-electron chi connectivity index (χ1n) is 10.7. The quantitative estimate of drug-likeness (QED) is 0.134. The lowest BCUT2D eigenvalue weighted by atomic mass is 10.0. The molecule has 22 heteroatoms. The van der Waals surface area contributed by atoms with Gasteiger partial charge >= 0.3 is 15.6 Å². The number of phosphoric acid groups is 2. The fraction of sp³-hybridized carbons (Fsp3) is 0.688. The van der Waals surface area contributed by atoms with Crippen LogP contribution in [0.5, 0.6) is 0 Å². The number of ether oxygens (including phenoxy) is 2. The molecule has 4 rings (SSSR count). The van der Waals surface area contributed by atoms with E-state index in [2.05, 4.69) is 28.3 Å². The van der Waals surface area contributed by atoms with Crippen LogP contribution in [-0.4, -0.2) is 110 Å². The lowest BCUT2D eigenvalue weighted by Gasteiger charge is -2.38. The zero-order chi connectivity index (χ0) is 28.2. The van der Waals surface area contributed by atoms with Crippen molar-refractivity contribution in [1.29, 1.82) is 0 Å². The molecule has 38 heavy (non-hydrogen) atoms. The zero-order valence-electron chi connectivity index (χ0n) is 19.2. The van der Waals surface area contributed by atoms with Gasteiger partial charge in [-0.2, -0.15) is 9.29 Å². The molecule has 20 nitrogen and oxygen atoms in total. The predicted octanol–water partition coefficient (Wildman–Crippen LogP) is -3.60. The van der Waals surface area contributed by atoms with E-state index in [0.29, 0.717) is 0 Å². The number of phosphoric ester groups is 2. The van der Waals surface area contributed by atoms with Crippen LogP contribution in [0.1, 0.15) is 13.2 Å². The van der Waals surface area contributed by atoms with Gasteiger partial charge in [0.25, 0.3) is 5.56 Å². The van der Waals surface area contributed by atoms with Crippen molar-refractivity contribution in [1.82, 2.24) is 19.5 Å². The Kier molecular flexibility index (Phi) is 8.12. The Morgan fingerprint density at radius 1 is 1.05 bits per heavy atom. The van der Waals surface area contributed by atoms with Crippen LogP contribution in [0.25, 0.3) is 11.2 Å². The highest BCUT2D eigenvalue weighted by molar-refractivity contribution is 7.61. The van der Waals surface area contributed by atoms with Crippen LogP contribution in [0.2, 0.25) is 0 Å². The smallest absolute Gasteiger partial charge is 0.388 e. The molecule has 0 spiro atoms. The molecule has 214 valence electrons. The van der Waals surface area contributed by atoms with Gasteiger partial charge in [-0.3, -0.25) is 23.4 Å². The first-order chi connectivity index (χ1) is 17.6. The topological polar surface area (TPSA) is 311 Å². The summed E-state index contributed by atoms with van der Waals surface area (Å²) in [5.74, 6) is -0.266. The molecular weight excluding hydrogens is 564 g/mol. The van der Waals surface area contributed by atoms with Crippen molar-refractivity contribution < 1.29 is 67.3 Å². The van der Waals surface area contributed by atoms with Crippen molar-refractivity contribution in [2.24, 2.45) is 0 Å². The SMILES string of the molecule is C[C@H]1O[C@H](OP(=O)(O)OP(=O)(O)OC[C@H]2O[C@@H](n3cnc4c(=O)[nH]c(N)nc43)[C@H](O)[C@@H]2O)[C@@H](O)[C@@H](O)[C@H]1O. The van der Waals surface area contributed by atoms with E-state index < -0.39 is 83.1 Å². The Balaban J connectivity index is 1.39. The van der Waals surface area contributed by atoms with Crippen molar-refractivity contribution in [3.05, 3.63) is 16.7 Å². The molecule has 2 aromatic heterocycles. The van der Waals surface area contributed by atoms with Crippen molar-refractivity contribution in [2.45, 2.75) is 62.2 Å². The molecule has 0 aromatic carbocycles. The van der Waals surface area contributed by atoms with Crippen LogP contribution in [0.15, 0.2) is 11.1 Å². The zero-order valence-corrected chi connectivity index (χ0v) is 21.0. The summed E-state index contributed by atoms with van der Waals surface area (Å²) in [5.41, 5.74) is 4.59. The molecule has 10 N–H and O–H groups in total. The first kappa shape index (κ1) is 29.1. The summed E-state index contributed by atoms with van der Waals surface area (Å²) in [6, 6.07) is 0. The lowest BCUT2D eigenvalue weighted by Crippen LogP contribution is -2.57. The summed E-state index contributed by atoms with van der Waals surface area (Å²) in [4.78, 5) is 41.7. The number of nitrogens with two attached hydrogens (primary N) is 1. The minimum atomic E-state index is -5.50.